The molecule has 0 saturated heterocycles. The minimum absolute atomic E-state index is 0.120. The summed E-state index contributed by atoms with van der Waals surface area (Å²) in [5.74, 6) is 1.81. The van der Waals surface area contributed by atoms with E-state index in [0.29, 0.717) is 18.9 Å². The summed E-state index contributed by atoms with van der Waals surface area (Å²) >= 11 is 0. The van der Waals surface area contributed by atoms with Crippen LogP contribution in [0.25, 0.3) is 11.5 Å². The molecule has 0 aliphatic heterocycles. The molecule has 3 aromatic rings. The van der Waals surface area contributed by atoms with Crippen LogP contribution in [0, 0.1) is 0 Å². The highest BCUT2D eigenvalue weighted by Crippen LogP contribution is 2.37. The molecule has 1 aliphatic carbocycles. The average molecular weight is 405 g/mol. The van der Waals surface area contributed by atoms with Crippen molar-refractivity contribution < 1.29 is 19.1 Å². The molecule has 1 aromatic heterocycles. The SMILES string of the molecule is CCCc1oc(-c2ccccc2)nc1CCOc1ccc2c(c1)CC[C@H]2CC(=O)O. The maximum atomic E-state index is 11.0. The zero-order chi connectivity index (χ0) is 20.9. The molecule has 1 aliphatic rings. The lowest BCUT2D eigenvalue weighted by Crippen LogP contribution is -2.05. The lowest BCUT2D eigenvalue weighted by atomic mass is 9.98. The summed E-state index contributed by atoms with van der Waals surface area (Å²) in [7, 11) is 0. The second-order valence-corrected chi connectivity index (χ2v) is 7.80. The summed E-state index contributed by atoms with van der Waals surface area (Å²) in [6.07, 6.45) is 4.55. The van der Waals surface area contributed by atoms with Gasteiger partial charge in [-0.05, 0) is 60.6 Å². The van der Waals surface area contributed by atoms with Gasteiger partial charge in [-0.2, -0.15) is 0 Å². The Morgan fingerprint density at radius 1 is 1.20 bits per heavy atom. The van der Waals surface area contributed by atoms with Crippen molar-refractivity contribution in [2.75, 3.05) is 6.61 Å². The Morgan fingerprint density at radius 2 is 2.03 bits per heavy atom. The predicted molar refractivity (Wildman–Crippen MR) is 115 cm³/mol. The van der Waals surface area contributed by atoms with E-state index in [-0.39, 0.29) is 12.3 Å². The van der Waals surface area contributed by atoms with Crippen LogP contribution < -0.4 is 4.74 Å². The third kappa shape index (κ3) is 4.56. The monoisotopic (exact) mass is 405 g/mol. The smallest absolute Gasteiger partial charge is 0.303 e. The van der Waals surface area contributed by atoms with Crippen LogP contribution in [-0.4, -0.2) is 22.7 Å². The third-order valence-corrected chi connectivity index (χ3v) is 5.62. The zero-order valence-corrected chi connectivity index (χ0v) is 17.3. The van der Waals surface area contributed by atoms with E-state index in [2.05, 4.69) is 13.0 Å². The van der Waals surface area contributed by atoms with Crippen molar-refractivity contribution in [3.05, 3.63) is 71.1 Å². The number of fused-ring (bicyclic) bond motifs is 1. The van der Waals surface area contributed by atoms with E-state index in [9.17, 15) is 4.79 Å². The van der Waals surface area contributed by atoms with Crippen molar-refractivity contribution in [1.82, 2.24) is 4.98 Å². The lowest BCUT2D eigenvalue weighted by Gasteiger charge is -2.10. The predicted octanol–water partition coefficient (Wildman–Crippen LogP) is 5.42. The molecule has 30 heavy (non-hydrogen) atoms. The van der Waals surface area contributed by atoms with Gasteiger partial charge in [0, 0.05) is 18.4 Å². The molecule has 0 spiro atoms. The molecule has 4 rings (SSSR count). The number of aromatic nitrogens is 1. The van der Waals surface area contributed by atoms with Gasteiger partial charge in [-0.1, -0.05) is 31.2 Å². The molecule has 2 aromatic carbocycles. The van der Waals surface area contributed by atoms with Gasteiger partial charge in [0.1, 0.15) is 11.5 Å². The Bertz CT molecular complexity index is 1010. The van der Waals surface area contributed by atoms with Gasteiger partial charge >= 0.3 is 5.97 Å². The van der Waals surface area contributed by atoms with E-state index in [1.807, 2.05) is 42.5 Å². The van der Waals surface area contributed by atoms with Crippen LogP contribution in [0.15, 0.2) is 52.9 Å². The number of ether oxygens (including phenoxy) is 1. The average Bonchev–Trinajstić information content (AvgIpc) is 3.33. The molecule has 1 atom stereocenters. The van der Waals surface area contributed by atoms with Gasteiger partial charge in [0.15, 0.2) is 0 Å². The molecule has 1 N–H and O–H groups in total. The topological polar surface area (TPSA) is 72.6 Å². The van der Waals surface area contributed by atoms with Crippen LogP contribution >= 0.6 is 0 Å². The second-order valence-electron chi connectivity index (χ2n) is 7.80. The number of oxazole rings is 1. The first-order valence-corrected chi connectivity index (χ1v) is 10.7. The number of aliphatic carboxylic acids is 1. The highest BCUT2D eigenvalue weighted by Gasteiger charge is 2.25. The fourth-order valence-corrected chi connectivity index (χ4v) is 4.17. The largest absolute Gasteiger partial charge is 0.493 e. The number of carboxylic acids is 1. The van der Waals surface area contributed by atoms with Crippen molar-refractivity contribution in [2.24, 2.45) is 0 Å². The summed E-state index contributed by atoms with van der Waals surface area (Å²) in [4.78, 5) is 15.8. The Kier molecular flexibility index (Phi) is 6.17. The molecule has 156 valence electrons. The highest BCUT2D eigenvalue weighted by molar-refractivity contribution is 5.68. The van der Waals surface area contributed by atoms with Crippen LogP contribution in [0.1, 0.15) is 54.7 Å². The normalized spacial score (nSPS) is 15.2. The molecule has 0 amide bonds. The number of aryl methyl sites for hydroxylation is 2. The molecular formula is C25H27NO4. The zero-order valence-electron chi connectivity index (χ0n) is 17.3. The molecule has 0 bridgehead atoms. The summed E-state index contributed by atoms with van der Waals surface area (Å²) in [6.45, 7) is 2.65. The van der Waals surface area contributed by atoms with Crippen LogP contribution in [0.2, 0.25) is 0 Å². The standard InChI is InChI=1S/C25H27NO4/c1-2-6-23-22(26-25(30-23)17-7-4-3-5-8-17)13-14-29-20-11-12-21-18(15-20)9-10-19(21)16-24(27)28/h3-5,7-8,11-12,15,19H,2,6,9-10,13-14,16H2,1H3,(H,27,28)/t19-/m0/s1. The highest BCUT2D eigenvalue weighted by atomic mass is 16.5. The van der Waals surface area contributed by atoms with E-state index in [4.69, 9.17) is 19.2 Å². The van der Waals surface area contributed by atoms with Gasteiger partial charge in [0.25, 0.3) is 0 Å². The number of hydrogen-bond donors (Lipinski definition) is 1. The van der Waals surface area contributed by atoms with Crippen molar-refractivity contribution in [3.8, 4) is 17.2 Å². The van der Waals surface area contributed by atoms with E-state index >= 15 is 0 Å². The van der Waals surface area contributed by atoms with Gasteiger partial charge in [-0.3, -0.25) is 4.79 Å². The molecular weight excluding hydrogens is 378 g/mol. The summed E-state index contributed by atoms with van der Waals surface area (Å²) in [5.41, 5.74) is 4.30. The Hall–Kier alpha value is -3.08. The molecule has 0 saturated carbocycles. The van der Waals surface area contributed by atoms with Crippen molar-refractivity contribution >= 4 is 5.97 Å². The van der Waals surface area contributed by atoms with E-state index < -0.39 is 5.97 Å². The van der Waals surface area contributed by atoms with E-state index in [1.54, 1.807) is 0 Å². The van der Waals surface area contributed by atoms with Gasteiger partial charge in [0.05, 0.1) is 18.7 Å². The van der Waals surface area contributed by atoms with Gasteiger partial charge in [0.2, 0.25) is 5.89 Å². The number of benzene rings is 2. The summed E-state index contributed by atoms with van der Waals surface area (Å²) in [6, 6.07) is 16.0. The molecule has 5 nitrogen and oxygen atoms in total. The van der Waals surface area contributed by atoms with Crippen LogP contribution in [0.3, 0.4) is 0 Å². The van der Waals surface area contributed by atoms with Crippen molar-refractivity contribution in [2.45, 2.75) is 51.4 Å². The summed E-state index contributed by atoms with van der Waals surface area (Å²) in [5, 5.41) is 9.08. The van der Waals surface area contributed by atoms with Crippen LogP contribution in [0.4, 0.5) is 0 Å². The fourth-order valence-electron chi connectivity index (χ4n) is 4.17. The first-order valence-electron chi connectivity index (χ1n) is 10.7. The molecule has 1 heterocycles. The maximum absolute atomic E-state index is 11.0. The van der Waals surface area contributed by atoms with Crippen LogP contribution in [-0.2, 0) is 24.1 Å². The van der Waals surface area contributed by atoms with Gasteiger partial charge in [-0.15, -0.1) is 0 Å². The molecule has 0 fully saturated rings. The first kappa shape index (κ1) is 20.2. The molecule has 5 heteroatoms. The Morgan fingerprint density at radius 3 is 2.80 bits per heavy atom. The van der Waals surface area contributed by atoms with Gasteiger partial charge < -0.3 is 14.3 Å². The van der Waals surface area contributed by atoms with E-state index in [1.165, 1.54) is 5.56 Å². The molecule has 0 unspecified atom stereocenters. The minimum Gasteiger partial charge on any atom is -0.493 e. The lowest BCUT2D eigenvalue weighted by molar-refractivity contribution is -0.137. The number of rotatable bonds is 9. The van der Waals surface area contributed by atoms with Crippen molar-refractivity contribution in [1.29, 1.82) is 0 Å². The first-order chi connectivity index (χ1) is 14.6. The van der Waals surface area contributed by atoms with Crippen molar-refractivity contribution in [3.63, 3.8) is 0 Å². The fraction of sp³-hybridized carbons (Fsp3) is 0.360. The number of nitrogens with zero attached hydrogens (tertiary/aromatic N) is 1. The Labute approximate surface area is 176 Å². The number of carbonyl (C=O) groups is 1. The minimum atomic E-state index is -0.737. The maximum Gasteiger partial charge on any atom is 0.303 e. The quantitative estimate of drug-likeness (QED) is 0.515. The van der Waals surface area contributed by atoms with E-state index in [0.717, 1.165) is 54.0 Å². The number of carboxylic acid groups (broad SMARTS) is 1. The third-order valence-electron chi connectivity index (χ3n) is 5.62. The van der Waals surface area contributed by atoms with Crippen LogP contribution in [0.5, 0.6) is 5.75 Å². The Balaban J connectivity index is 1.41. The van der Waals surface area contributed by atoms with Gasteiger partial charge in [-0.25, -0.2) is 4.98 Å². The molecule has 0 radical (unpaired) electrons. The second kappa shape index (κ2) is 9.16. The summed E-state index contributed by atoms with van der Waals surface area (Å²) < 4.78 is 12.0. The number of hydrogen-bond acceptors (Lipinski definition) is 4.